The molecule has 0 aliphatic carbocycles. The predicted octanol–water partition coefficient (Wildman–Crippen LogP) is 1.81. The minimum absolute atomic E-state index is 0.213. The molecule has 3 nitrogen and oxygen atoms in total. The Bertz CT molecular complexity index is 325. The Morgan fingerprint density at radius 3 is 2.62 bits per heavy atom. The number of halogens is 1. The zero-order chi connectivity index (χ0) is 11.5. The molecular formula is C12H19FN2O. The van der Waals surface area contributed by atoms with Gasteiger partial charge in [-0.3, -0.25) is 4.90 Å². The molecule has 1 aliphatic rings. The number of hydrogen-bond donors (Lipinski definition) is 1. The van der Waals surface area contributed by atoms with Crippen molar-refractivity contribution in [1.82, 2.24) is 10.2 Å². The van der Waals surface area contributed by atoms with Crippen LogP contribution < -0.4 is 5.32 Å². The first kappa shape index (κ1) is 11.6. The number of aryl methyl sites for hydroxylation is 2. The Labute approximate surface area is 95.6 Å². The van der Waals surface area contributed by atoms with Crippen molar-refractivity contribution in [3.8, 4) is 0 Å². The summed E-state index contributed by atoms with van der Waals surface area (Å²) in [7, 11) is 0. The minimum atomic E-state index is -0.383. The molecule has 0 unspecified atom stereocenters. The molecule has 0 radical (unpaired) electrons. The van der Waals surface area contributed by atoms with Gasteiger partial charge in [-0.15, -0.1) is 0 Å². The fraction of sp³-hybridized carbons (Fsp3) is 0.667. The van der Waals surface area contributed by atoms with Crippen LogP contribution in [0.1, 0.15) is 23.1 Å². The first-order valence-electron chi connectivity index (χ1n) is 5.80. The van der Waals surface area contributed by atoms with E-state index in [1.165, 1.54) is 0 Å². The molecule has 0 spiro atoms. The molecule has 16 heavy (non-hydrogen) atoms. The molecule has 2 rings (SSSR count). The van der Waals surface area contributed by atoms with Crippen LogP contribution >= 0.6 is 0 Å². The summed E-state index contributed by atoms with van der Waals surface area (Å²) < 4.78 is 18.8. The van der Waals surface area contributed by atoms with Gasteiger partial charge in [0, 0.05) is 26.2 Å². The van der Waals surface area contributed by atoms with Crippen LogP contribution in [-0.4, -0.2) is 37.8 Å². The Kier molecular flexibility index (Phi) is 3.61. The average molecular weight is 226 g/mol. The summed E-state index contributed by atoms with van der Waals surface area (Å²) >= 11 is 0. The fourth-order valence-corrected chi connectivity index (χ4v) is 2.11. The second kappa shape index (κ2) is 4.97. The molecular weight excluding hydrogens is 207 g/mol. The van der Waals surface area contributed by atoms with Gasteiger partial charge < -0.3 is 9.73 Å². The maximum atomic E-state index is 13.1. The van der Waals surface area contributed by atoms with Gasteiger partial charge >= 0.3 is 0 Å². The van der Waals surface area contributed by atoms with Crippen LogP contribution in [0.2, 0.25) is 0 Å². The molecule has 0 bridgehead atoms. The van der Waals surface area contributed by atoms with Gasteiger partial charge in [0.15, 0.2) is 0 Å². The van der Waals surface area contributed by atoms with Crippen LogP contribution in [0.4, 0.5) is 4.39 Å². The zero-order valence-corrected chi connectivity index (χ0v) is 9.92. The molecule has 1 aliphatic heterocycles. The number of piperazine rings is 1. The van der Waals surface area contributed by atoms with Gasteiger partial charge in [-0.2, -0.15) is 0 Å². The largest absolute Gasteiger partial charge is 0.464 e. The number of nitrogens with one attached hydrogen (secondary N) is 1. The Balaban J connectivity index is 2.14. The quantitative estimate of drug-likeness (QED) is 0.852. The number of hydrogen-bond acceptors (Lipinski definition) is 3. The lowest BCUT2D eigenvalue weighted by molar-refractivity contribution is 0.129. The van der Waals surface area contributed by atoms with Crippen molar-refractivity contribution in [3.05, 3.63) is 23.2 Å². The highest BCUT2D eigenvalue weighted by Gasteiger charge is 2.25. The van der Waals surface area contributed by atoms with Gasteiger partial charge in [0.1, 0.15) is 18.2 Å². The standard InChI is InChI=1S/C12H19FN2O/c1-9-7-12(16-10(9)2)11(8-13)15-5-3-14-4-6-15/h7,11,14H,3-6,8H2,1-2H3/t11-/m0/s1. The summed E-state index contributed by atoms with van der Waals surface area (Å²) in [5.74, 6) is 1.66. The molecule has 1 aromatic rings. The normalized spacial score (nSPS) is 19.9. The topological polar surface area (TPSA) is 28.4 Å². The highest BCUT2D eigenvalue weighted by Crippen LogP contribution is 2.25. The van der Waals surface area contributed by atoms with Crippen molar-refractivity contribution in [1.29, 1.82) is 0 Å². The van der Waals surface area contributed by atoms with Gasteiger partial charge in [-0.25, -0.2) is 4.39 Å². The van der Waals surface area contributed by atoms with Crippen molar-refractivity contribution in [2.75, 3.05) is 32.9 Å². The van der Waals surface area contributed by atoms with E-state index in [1.54, 1.807) is 0 Å². The third-order valence-electron chi connectivity index (χ3n) is 3.25. The minimum Gasteiger partial charge on any atom is -0.464 e. The third kappa shape index (κ3) is 2.28. The van der Waals surface area contributed by atoms with E-state index in [4.69, 9.17) is 4.42 Å². The average Bonchev–Trinajstić information content (AvgIpc) is 2.61. The Morgan fingerprint density at radius 1 is 1.44 bits per heavy atom. The predicted molar refractivity (Wildman–Crippen MR) is 61.3 cm³/mol. The summed E-state index contributed by atoms with van der Waals surface area (Å²) in [5, 5.41) is 3.27. The van der Waals surface area contributed by atoms with Gasteiger partial charge in [0.05, 0.1) is 6.04 Å². The monoisotopic (exact) mass is 226 g/mol. The Hall–Kier alpha value is -0.870. The van der Waals surface area contributed by atoms with E-state index < -0.39 is 0 Å². The molecule has 1 fully saturated rings. The highest BCUT2D eigenvalue weighted by atomic mass is 19.1. The number of rotatable bonds is 3. The summed E-state index contributed by atoms with van der Waals surface area (Å²) in [6, 6.07) is 1.75. The summed E-state index contributed by atoms with van der Waals surface area (Å²) in [6.07, 6.45) is 0. The molecule has 2 heterocycles. The first-order chi connectivity index (χ1) is 7.72. The Morgan fingerprint density at radius 2 is 2.12 bits per heavy atom. The van der Waals surface area contributed by atoms with E-state index in [1.807, 2.05) is 19.9 Å². The molecule has 1 aromatic heterocycles. The van der Waals surface area contributed by atoms with Crippen LogP contribution in [0.15, 0.2) is 10.5 Å². The number of furan rings is 1. The van der Waals surface area contributed by atoms with Crippen molar-refractivity contribution >= 4 is 0 Å². The summed E-state index contributed by atoms with van der Waals surface area (Å²) in [5.41, 5.74) is 1.10. The van der Waals surface area contributed by atoms with E-state index in [0.29, 0.717) is 0 Å². The fourth-order valence-electron chi connectivity index (χ4n) is 2.11. The molecule has 90 valence electrons. The van der Waals surface area contributed by atoms with Gasteiger partial charge in [-0.05, 0) is 25.5 Å². The van der Waals surface area contributed by atoms with Gasteiger partial charge in [-0.1, -0.05) is 0 Å². The summed E-state index contributed by atoms with van der Waals surface area (Å²) in [6.45, 7) is 7.15. The van der Waals surface area contributed by atoms with Crippen molar-refractivity contribution in [3.63, 3.8) is 0 Å². The second-order valence-corrected chi connectivity index (χ2v) is 4.34. The summed E-state index contributed by atoms with van der Waals surface area (Å²) in [4.78, 5) is 2.15. The van der Waals surface area contributed by atoms with E-state index in [-0.39, 0.29) is 12.7 Å². The van der Waals surface area contributed by atoms with Crippen LogP contribution in [0.3, 0.4) is 0 Å². The number of alkyl halides is 1. The molecule has 4 heteroatoms. The number of nitrogens with zero attached hydrogens (tertiary/aromatic N) is 1. The lowest BCUT2D eigenvalue weighted by Crippen LogP contribution is -2.45. The van der Waals surface area contributed by atoms with Crippen molar-refractivity contribution in [2.24, 2.45) is 0 Å². The first-order valence-corrected chi connectivity index (χ1v) is 5.80. The van der Waals surface area contributed by atoms with Crippen LogP contribution in [0.25, 0.3) is 0 Å². The maximum Gasteiger partial charge on any atom is 0.124 e. The van der Waals surface area contributed by atoms with Gasteiger partial charge in [0.2, 0.25) is 0 Å². The van der Waals surface area contributed by atoms with Crippen LogP contribution in [-0.2, 0) is 0 Å². The maximum absolute atomic E-state index is 13.1. The molecule has 0 aromatic carbocycles. The lowest BCUT2D eigenvalue weighted by atomic mass is 10.1. The highest BCUT2D eigenvalue weighted by molar-refractivity contribution is 5.21. The van der Waals surface area contributed by atoms with E-state index in [2.05, 4.69) is 10.2 Å². The SMILES string of the molecule is Cc1cc([C@H](CF)N2CCNCC2)oc1C. The molecule has 1 N–H and O–H groups in total. The van der Waals surface area contributed by atoms with Crippen LogP contribution in [0, 0.1) is 13.8 Å². The van der Waals surface area contributed by atoms with E-state index in [0.717, 1.165) is 43.3 Å². The van der Waals surface area contributed by atoms with Crippen LogP contribution in [0.5, 0.6) is 0 Å². The molecule has 0 amide bonds. The van der Waals surface area contributed by atoms with E-state index >= 15 is 0 Å². The smallest absolute Gasteiger partial charge is 0.124 e. The van der Waals surface area contributed by atoms with E-state index in [9.17, 15) is 4.39 Å². The second-order valence-electron chi connectivity index (χ2n) is 4.34. The zero-order valence-electron chi connectivity index (χ0n) is 9.92. The van der Waals surface area contributed by atoms with Crippen molar-refractivity contribution < 1.29 is 8.81 Å². The lowest BCUT2D eigenvalue weighted by Gasteiger charge is -2.32. The van der Waals surface area contributed by atoms with Crippen molar-refractivity contribution in [2.45, 2.75) is 19.9 Å². The molecule has 1 saturated heterocycles. The molecule has 0 saturated carbocycles. The van der Waals surface area contributed by atoms with Gasteiger partial charge in [0.25, 0.3) is 0 Å². The third-order valence-corrected chi connectivity index (χ3v) is 3.25. The molecule has 1 atom stereocenters.